The fourth-order valence-corrected chi connectivity index (χ4v) is 7.15. The van der Waals surface area contributed by atoms with Crippen molar-refractivity contribution in [3.05, 3.63) is 0 Å². The van der Waals surface area contributed by atoms with Crippen molar-refractivity contribution in [3.63, 3.8) is 0 Å². The number of rotatable bonds is 11. The Morgan fingerprint density at radius 1 is 0.750 bits per heavy atom. The molecule has 0 aliphatic heterocycles. The molecule has 5 atom stereocenters. The van der Waals surface area contributed by atoms with Gasteiger partial charge in [0.05, 0.1) is 0 Å². The predicted molar refractivity (Wildman–Crippen MR) is 127 cm³/mol. The molecule has 0 aromatic heterocycles. The van der Waals surface area contributed by atoms with Crippen LogP contribution >= 0.6 is 0 Å². The highest BCUT2D eigenvalue weighted by molar-refractivity contribution is 4.87. The normalized spacial score (nSPS) is 33.8. The van der Waals surface area contributed by atoms with Crippen molar-refractivity contribution in [1.29, 1.82) is 0 Å². The van der Waals surface area contributed by atoms with E-state index in [0.29, 0.717) is 0 Å². The van der Waals surface area contributed by atoms with Crippen LogP contribution in [-0.4, -0.2) is 0 Å². The van der Waals surface area contributed by atoms with Gasteiger partial charge in [0.1, 0.15) is 0 Å². The van der Waals surface area contributed by atoms with Gasteiger partial charge >= 0.3 is 0 Å². The van der Waals surface area contributed by atoms with Crippen molar-refractivity contribution in [2.45, 2.75) is 131 Å². The lowest BCUT2D eigenvalue weighted by Gasteiger charge is -2.43. The Kier molecular flexibility index (Phi) is 11.0. The summed E-state index contributed by atoms with van der Waals surface area (Å²) in [6.07, 6.45) is 21.0. The molecule has 0 radical (unpaired) electrons. The molecule has 0 heteroatoms. The molecule has 0 spiro atoms. The highest BCUT2D eigenvalue weighted by Crippen LogP contribution is 2.46. The van der Waals surface area contributed by atoms with E-state index < -0.39 is 0 Å². The van der Waals surface area contributed by atoms with Gasteiger partial charge in [0.2, 0.25) is 0 Å². The van der Waals surface area contributed by atoms with Crippen molar-refractivity contribution >= 4 is 0 Å². The molecule has 2 aliphatic rings. The maximum absolute atomic E-state index is 2.59. The minimum absolute atomic E-state index is 0.867. The van der Waals surface area contributed by atoms with Crippen LogP contribution in [0.5, 0.6) is 0 Å². The van der Waals surface area contributed by atoms with Gasteiger partial charge in [0, 0.05) is 0 Å². The molecule has 2 saturated carbocycles. The van der Waals surface area contributed by atoms with Crippen molar-refractivity contribution in [2.75, 3.05) is 0 Å². The Balaban J connectivity index is 1.89. The fraction of sp³-hybridized carbons (Fsp3) is 1.00. The van der Waals surface area contributed by atoms with E-state index in [-0.39, 0.29) is 0 Å². The van der Waals surface area contributed by atoms with E-state index in [9.17, 15) is 0 Å². The minimum Gasteiger partial charge on any atom is -0.0654 e. The Morgan fingerprint density at radius 2 is 1.39 bits per heavy atom. The molecule has 0 aromatic rings. The van der Waals surface area contributed by atoms with Gasteiger partial charge < -0.3 is 0 Å². The van der Waals surface area contributed by atoms with Crippen LogP contribution in [0.1, 0.15) is 131 Å². The lowest BCUT2D eigenvalue weighted by atomic mass is 9.62. The zero-order chi connectivity index (χ0) is 20.5. The summed E-state index contributed by atoms with van der Waals surface area (Å²) in [6.45, 7) is 14.7. The van der Waals surface area contributed by atoms with E-state index in [1.807, 2.05) is 0 Å². The zero-order valence-corrected chi connectivity index (χ0v) is 20.5. The van der Waals surface area contributed by atoms with Crippen LogP contribution in [-0.2, 0) is 0 Å². The van der Waals surface area contributed by atoms with E-state index in [1.165, 1.54) is 64.2 Å². The minimum atomic E-state index is 0.867. The van der Waals surface area contributed by atoms with Crippen LogP contribution in [0.3, 0.4) is 0 Å². The summed E-state index contributed by atoms with van der Waals surface area (Å²) in [5.41, 5.74) is 0. The molecule has 2 aliphatic carbocycles. The summed E-state index contributed by atoms with van der Waals surface area (Å²) in [5.74, 6) is 7.99. The molecule has 0 aromatic carbocycles. The van der Waals surface area contributed by atoms with Crippen LogP contribution in [0.25, 0.3) is 0 Å². The Labute approximate surface area is 179 Å². The highest BCUT2D eigenvalue weighted by atomic mass is 14.4. The second-order valence-electron chi connectivity index (χ2n) is 11.4. The summed E-state index contributed by atoms with van der Waals surface area (Å²) in [6, 6.07) is 0. The van der Waals surface area contributed by atoms with Gasteiger partial charge in [-0.15, -0.1) is 0 Å². The molecule has 2 fully saturated rings. The monoisotopic (exact) mass is 390 g/mol. The quantitative estimate of drug-likeness (QED) is 0.329. The third-order valence-corrected chi connectivity index (χ3v) is 8.96. The van der Waals surface area contributed by atoms with Crippen LogP contribution in [0.4, 0.5) is 0 Å². The van der Waals surface area contributed by atoms with E-state index in [0.717, 1.165) is 47.3 Å². The molecular formula is C28H54. The Hall–Kier alpha value is 0. The Morgan fingerprint density at radius 3 is 1.96 bits per heavy atom. The summed E-state index contributed by atoms with van der Waals surface area (Å²) in [7, 11) is 0. The largest absolute Gasteiger partial charge is 0.0654 e. The molecule has 0 N–H and O–H groups in total. The molecule has 166 valence electrons. The molecule has 2 rings (SSSR count). The predicted octanol–water partition coefficient (Wildman–Crippen LogP) is 9.52. The summed E-state index contributed by atoms with van der Waals surface area (Å²) in [5, 5.41) is 0. The SMILES string of the molecule is CCCC1CCC(CC2CCC(C)C(C(CC)C(CC)CCC(C)C)C2)CC1. The first-order chi connectivity index (χ1) is 13.5. The number of hydrogen-bond donors (Lipinski definition) is 0. The fourth-order valence-electron chi connectivity index (χ4n) is 7.15. The lowest BCUT2D eigenvalue weighted by Crippen LogP contribution is -2.34. The van der Waals surface area contributed by atoms with Gasteiger partial charge in [-0.2, -0.15) is 0 Å². The van der Waals surface area contributed by atoms with E-state index >= 15 is 0 Å². The Bertz CT molecular complexity index is 389. The maximum atomic E-state index is 2.59. The maximum Gasteiger partial charge on any atom is -0.0355 e. The van der Waals surface area contributed by atoms with E-state index in [4.69, 9.17) is 0 Å². The van der Waals surface area contributed by atoms with Crippen LogP contribution < -0.4 is 0 Å². The first-order valence-electron chi connectivity index (χ1n) is 13.5. The topological polar surface area (TPSA) is 0 Å². The molecule has 5 unspecified atom stereocenters. The average Bonchev–Trinajstić information content (AvgIpc) is 2.68. The van der Waals surface area contributed by atoms with Gasteiger partial charge in [-0.25, -0.2) is 0 Å². The third-order valence-electron chi connectivity index (χ3n) is 8.96. The smallest absolute Gasteiger partial charge is 0.0355 e. The second-order valence-corrected chi connectivity index (χ2v) is 11.4. The zero-order valence-electron chi connectivity index (χ0n) is 20.5. The second kappa shape index (κ2) is 12.6. The molecule has 0 heterocycles. The van der Waals surface area contributed by atoms with Crippen LogP contribution in [0, 0.1) is 47.3 Å². The molecular weight excluding hydrogens is 336 g/mol. The first-order valence-corrected chi connectivity index (χ1v) is 13.5. The van der Waals surface area contributed by atoms with E-state index in [1.54, 1.807) is 25.7 Å². The summed E-state index contributed by atoms with van der Waals surface area (Å²) in [4.78, 5) is 0. The van der Waals surface area contributed by atoms with Crippen LogP contribution in [0.2, 0.25) is 0 Å². The van der Waals surface area contributed by atoms with Gasteiger partial charge in [0.15, 0.2) is 0 Å². The highest BCUT2D eigenvalue weighted by Gasteiger charge is 2.36. The van der Waals surface area contributed by atoms with Crippen molar-refractivity contribution in [3.8, 4) is 0 Å². The van der Waals surface area contributed by atoms with Gasteiger partial charge in [-0.3, -0.25) is 0 Å². The van der Waals surface area contributed by atoms with Gasteiger partial charge in [-0.1, -0.05) is 112 Å². The van der Waals surface area contributed by atoms with Crippen LogP contribution in [0.15, 0.2) is 0 Å². The molecule has 0 bridgehead atoms. The summed E-state index contributed by atoms with van der Waals surface area (Å²) < 4.78 is 0. The molecule has 28 heavy (non-hydrogen) atoms. The van der Waals surface area contributed by atoms with Crippen molar-refractivity contribution < 1.29 is 0 Å². The molecule has 0 saturated heterocycles. The van der Waals surface area contributed by atoms with Gasteiger partial charge in [-0.05, 0) is 66.6 Å². The van der Waals surface area contributed by atoms with Crippen molar-refractivity contribution in [1.82, 2.24) is 0 Å². The molecule has 0 nitrogen and oxygen atoms in total. The van der Waals surface area contributed by atoms with Gasteiger partial charge in [0.25, 0.3) is 0 Å². The first kappa shape index (κ1) is 24.3. The third kappa shape index (κ3) is 7.36. The van der Waals surface area contributed by atoms with Crippen molar-refractivity contribution in [2.24, 2.45) is 47.3 Å². The lowest BCUT2D eigenvalue weighted by molar-refractivity contribution is 0.0701. The van der Waals surface area contributed by atoms with E-state index in [2.05, 4.69) is 41.5 Å². The summed E-state index contributed by atoms with van der Waals surface area (Å²) >= 11 is 0. The number of hydrogen-bond acceptors (Lipinski definition) is 0. The standard InChI is InChI=1S/C28H54/c1-7-10-23-14-16-24(17-15-23)19-25-13-12-22(6)28(20-25)27(9-3)26(8-2)18-11-21(4)5/h21-28H,7-20H2,1-6H3. The average molecular weight is 391 g/mol. The molecule has 0 amide bonds.